The minimum Gasteiger partial charge on any atom is -0.369 e. The van der Waals surface area contributed by atoms with Crippen molar-refractivity contribution in [3.63, 3.8) is 0 Å². The number of rotatable bonds is 5. The number of ether oxygens (including phenoxy) is 1. The van der Waals surface area contributed by atoms with Crippen LogP contribution in [0.1, 0.15) is 31.7 Å². The Morgan fingerprint density at radius 1 is 1.71 bits per heavy atom. The van der Waals surface area contributed by atoms with Gasteiger partial charge >= 0.3 is 0 Å². The molecule has 2 rings (SSSR count). The fourth-order valence-corrected chi connectivity index (χ4v) is 2.79. The number of hydrogen-bond donors (Lipinski definition) is 1. The Labute approximate surface area is 107 Å². The first-order valence-electron chi connectivity index (χ1n) is 6.24. The Morgan fingerprint density at radius 3 is 3.29 bits per heavy atom. The SMILES string of the molecule is CCSCC(C)n1cncc1C1CNCCO1. The molecule has 0 spiro atoms. The minimum absolute atomic E-state index is 0.153. The lowest BCUT2D eigenvalue weighted by molar-refractivity contribution is 0.0223. The lowest BCUT2D eigenvalue weighted by Gasteiger charge is -2.26. The van der Waals surface area contributed by atoms with Gasteiger partial charge in [0.25, 0.3) is 0 Å². The van der Waals surface area contributed by atoms with Gasteiger partial charge in [-0.15, -0.1) is 0 Å². The van der Waals surface area contributed by atoms with Gasteiger partial charge < -0.3 is 14.6 Å². The smallest absolute Gasteiger partial charge is 0.111 e. The highest BCUT2D eigenvalue weighted by Gasteiger charge is 2.21. The van der Waals surface area contributed by atoms with Crippen LogP contribution in [0.4, 0.5) is 0 Å². The number of aromatic nitrogens is 2. The van der Waals surface area contributed by atoms with Gasteiger partial charge in [0.2, 0.25) is 0 Å². The van der Waals surface area contributed by atoms with E-state index in [0.29, 0.717) is 6.04 Å². The van der Waals surface area contributed by atoms with Crippen molar-refractivity contribution in [3.05, 3.63) is 18.2 Å². The van der Waals surface area contributed by atoms with Crippen molar-refractivity contribution < 1.29 is 4.74 Å². The first kappa shape index (κ1) is 12.9. The second kappa shape index (κ2) is 6.42. The third-order valence-corrected chi connectivity index (χ3v) is 4.12. The Kier molecular flexibility index (Phi) is 4.88. The number of morpholine rings is 1. The summed E-state index contributed by atoms with van der Waals surface area (Å²) >= 11 is 1.96. The molecule has 0 saturated carbocycles. The Bertz CT molecular complexity index is 336. The van der Waals surface area contributed by atoms with E-state index in [1.807, 2.05) is 24.3 Å². The van der Waals surface area contributed by atoms with E-state index in [-0.39, 0.29) is 6.10 Å². The second-order valence-electron chi connectivity index (χ2n) is 4.30. The van der Waals surface area contributed by atoms with Crippen molar-refractivity contribution in [2.24, 2.45) is 0 Å². The Balaban J connectivity index is 2.04. The molecular formula is C12H21N3OS. The molecule has 1 N–H and O–H groups in total. The van der Waals surface area contributed by atoms with Crippen LogP contribution in [0.5, 0.6) is 0 Å². The molecule has 1 aromatic rings. The molecule has 0 aliphatic carbocycles. The fourth-order valence-electron chi connectivity index (χ4n) is 2.06. The van der Waals surface area contributed by atoms with Crippen molar-refractivity contribution in [1.82, 2.24) is 14.9 Å². The average Bonchev–Trinajstić information content (AvgIpc) is 2.86. The van der Waals surface area contributed by atoms with Crippen molar-refractivity contribution in [2.75, 3.05) is 31.2 Å². The molecule has 1 aliphatic rings. The maximum atomic E-state index is 5.79. The zero-order valence-corrected chi connectivity index (χ0v) is 11.4. The van der Waals surface area contributed by atoms with E-state index in [9.17, 15) is 0 Å². The summed E-state index contributed by atoms with van der Waals surface area (Å²) in [5.74, 6) is 2.29. The highest BCUT2D eigenvalue weighted by atomic mass is 32.2. The Morgan fingerprint density at radius 2 is 2.59 bits per heavy atom. The minimum atomic E-state index is 0.153. The van der Waals surface area contributed by atoms with Crippen LogP contribution in [0.2, 0.25) is 0 Å². The summed E-state index contributed by atoms with van der Waals surface area (Å²) in [5, 5.41) is 3.36. The molecule has 2 unspecified atom stereocenters. The maximum Gasteiger partial charge on any atom is 0.111 e. The lowest BCUT2D eigenvalue weighted by Crippen LogP contribution is -2.34. The van der Waals surface area contributed by atoms with Gasteiger partial charge in [0.05, 0.1) is 24.8 Å². The molecule has 0 amide bonds. The van der Waals surface area contributed by atoms with E-state index in [1.165, 1.54) is 5.69 Å². The van der Waals surface area contributed by atoms with Gasteiger partial charge in [-0.1, -0.05) is 6.92 Å². The summed E-state index contributed by atoms with van der Waals surface area (Å²) in [7, 11) is 0. The van der Waals surface area contributed by atoms with E-state index in [1.54, 1.807) is 0 Å². The number of nitrogens with one attached hydrogen (secondary N) is 1. The van der Waals surface area contributed by atoms with E-state index < -0.39 is 0 Å². The van der Waals surface area contributed by atoms with E-state index in [0.717, 1.165) is 31.2 Å². The molecule has 96 valence electrons. The Hall–Kier alpha value is -0.520. The largest absolute Gasteiger partial charge is 0.369 e. The van der Waals surface area contributed by atoms with Crippen LogP contribution < -0.4 is 5.32 Å². The summed E-state index contributed by atoms with van der Waals surface area (Å²) in [4.78, 5) is 4.27. The van der Waals surface area contributed by atoms with Gasteiger partial charge in [0.1, 0.15) is 6.10 Å². The first-order chi connectivity index (χ1) is 8.33. The molecule has 17 heavy (non-hydrogen) atoms. The number of nitrogens with zero attached hydrogens (tertiary/aromatic N) is 2. The standard InChI is InChI=1S/C12H21N3OS/c1-3-17-8-10(2)15-9-14-6-11(15)12-7-13-4-5-16-12/h6,9-10,12-13H,3-5,7-8H2,1-2H3. The predicted molar refractivity (Wildman–Crippen MR) is 71.5 cm³/mol. The third-order valence-electron chi connectivity index (χ3n) is 2.99. The average molecular weight is 255 g/mol. The fraction of sp³-hybridized carbons (Fsp3) is 0.750. The summed E-state index contributed by atoms with van der Waals surface area (Å²) in [5.41, 5.74) is 1.20. The molecule has 2 atom stereocenters. The van der Waals surface area contributed by atoms with Crippen LogP contribution in [0.15, 0.2) is 12.5 Å². The van der Waals surface area contributed by atoms with Crippen LogP contribution in [0, 0.1) is 0 Å². The van der Waals surface area contributed by atoms with Gasteiger partial charge in [-0.2, -0.15) is 11.8 Å². The third kappa shape index (κ3) is 3.24. The molecule has 1 aromatic heterocycles. The topological polar surface area (TPSA) is 39.1 Å². The zero-order chi connectivity index (χ0) is 12.1. The molecule has 0 bridgehead atoms. The second-order valence-corrected chi connectivity index (χ2v) is 5.62. The van der Waals surface area contributed by atoms with Gasteiger partial charge in [-0.05, 0) is 12.7 Å². The number of thioether (sulfide) groups is 1. The number of imidazole rings is 1. The highest BCUT2D eigenvalue weighted by molar-refractivity contribution is 7.99. The van der Waals surface area contributed by atoms with Crippen LogP contribution in [0.25, 0.3) is 0 Å². The molecule has 1 saturated heterocycles. The van der Waals surface area contributed by atoms with Crippen molar-refractivity contribution in [2.45, 2.75) is 26.0 Å². The van der Waals surface area contributed by atoms with Gasteiger partial charge in [0, 0.05) is 24.9 Å². The maximum absolute atomic E-state index is 5.79. The van der Waals surface area contributed by atoms with Gasteiger partial charge in [-0.3, -0.25) is 0 Å². The van der Waals surface area contributed by atoms with Gasteiger partial charge in [0.15, 0.2) is 0 Å². The molecule has 4 nitrogen and oxygen atoms in total. The summed E-state index contributed by atoms with van der Waals surface area (Å²) in [6, 6.07) is 0.475. The molecule has 1 aliphatic heterocycles. The van der Waals surface area contributed by atoms with Crippen LogP contribution in [-0.2, 0) is 4.74 Å². The van der Waals surface area contributed by atoms with E-state index >= 15 is 0 Å². The molecule has 0 radical (unpaired) electrons. The first-order valence-corrected chi connectivity index (χ1v) is 7.40. The summed E-state index contributed by atoms with van der Waals surface area (Å²) in [6.07, 6.45) is 4.01. The van der Waals surface area contributed by atoms with E-state index in [4.69, 9.17) is 4.74 Å². The highest BCUT2D eigenvalue weighted by Crippen LogP contribution is 2.23. The molecular weight excluding hydrogens is 234 g/mol. The van der Waals surface area contributed by atoms with Crippen molar-refractivity contribution >= 4 is 11.8 Å². The van der Waals surface area contributed by atoms with Crippen LogP contribution >= 0.6 is 11.8 Å². The lowest BCUT2D eigenvalue weighted by atomic mass is 10.2. The zero-order valence-electron chi connectivity index (χ0n) is 10.6. The van der Waals surface area contributed by atoms with E-state index in [2.05, 4.69) is 28.7 Å². The summed E-state index contributed by atoms with van der Waals surface area (Å²) in [6.45, 7) is 7.06. The van der Waals surface area contributed by atoms with Crippen LogP contribution in [-0.4, -0.2) is 40.8 Å². The predicted octanol–water partition coefficient (Wildman–Crippen LogP) is 1.86. The monoisotopic (exact) mass is 255 g/mol. The quantitative estimate of drug-likeness (QED) is 0.871. The molecule has 1 fully saturated rings. The molecule has 0 aromatic carbocycles. The van der Waals surface area contributed by atoms with Crippen LogP contribution in [0.3, 0.4) is 0 Å². The molecule has 2 heterocycles. The number of hydrogen-bond acceptors (Lipinski definition) is 4. The normalized spacial score (nSPS) is 22.6. The van der Waals surface area contributed by atoms with Gasteiger partial charge in [-0.25, -0.2) is 4.98 Å². The van der Waals surface area contributed by atoms with Crippen molar-refractivity contribution in [3.8, 4) is 0 Å². The molecule has 5 heteroatoms. The summed E-state index contributed by atoms with van der Waals surface area (Å²) < 4.78 is 8.04. The van der Waals surface area contributed by atoms with Crippen molar-refractivity contribution in [1.29, 1.82) is 0 Å².